The minimum atomic E-state index is 0.259. The molecule has 0 unspecified atom stereocenters. The third-order valence-electron chi connectivity index (χ3n) is 3.29. The Balaban J connectivity index is 1.95. The summed E-state index contributed by atoms with van der Waals surface area (Å²) in [5.41, 5.74) is 2.43. The first-order valence-corrected chi connectivity index (χ1v) is 6.19. The van der Waals surface area contributed by atoms with Crippen molar-refractivity contribution in [3.05, 3.63) is 24.3 Å². The van der Waals surface area contributed by atoms with Gasteiger partial charge in [-0.3, -0.25) is 4.90 Å². The summed E-state index contributed by atoms with van der Waals surface area (Å²) in [6.07, 6.45) is 0. The third kappa shape index (κ3) is 3.11. The number of hydrogen-bond acceptors (Lipinski definition) is 4. The zero-order chi connectivity index (χ0) is 12.1. The highest BCUT2D eigenvalue weighted by atomic mass is 16.3. The second kappa shape index (κ2) is 5.89. The highest BCUT2D eigenvalue weighted by molar-refractivity contribution is 5.58. The molecule has 0 bridgehead atoms. The molecule has 4 nitrogen and oxygen atoms in total. The van der Waals surface area contributed by atoms with Crippen molar-refractivity contribution >= 4 is 11.4 Å². The van der Waals surface area contributed by atoms with Crippen LogP contribution in [0.3, 0.4) is 0 Å². The van der Waals surface area contributed by atoms with Crippen molar-refractivity contribution in [3.63, 3.8) is 0 Å². The Morgan fingerprint density at radius 3 is 2.65 bits per heavy atom. The summed E-state index contributed by atoms with van der Waals surface area (Å²) in [6, 6.07) is 8.50. The molecular weight excluding hydrogens is 214 g/mol. The van der Waals surface area contributed by atoms with Gasteiger partial charge in [0, 0.05) is 51.1 Å². The molecule has 0 spiro atoms. The van der Waals surface area contributed by atoms with E-state index in [1.807, 2.05) is 7.05 Å². The molecule has 1 aliphatic heterocycles. The number of rotatable bonds is 4. The predicted molar refractivity (Wildman–Crippen MR) is 71.7 cm³/mol. The van der Waals surface area contributed by atoms with Crippen LogP contribution in [0.1, 0.15) is 0 Å². The highest BCUT2D eigenvalue weighted by Crippen LogP contribution is 2.20. The van der Waals surface area contributed by atoms with Crippen molar-refractivity contribution in [3.8, 4) is 0 Å². The van der Waals surface area contributed by atoms with Gasteiger partial charge in [0.2, 0.25) is 0 Å². The van der Waals surface area contributed by atoms with E-state index >= 15 is 0 Å². The maximum Gasteiger partial charge on any atom is 0.0558 e. The van der Waals surface area contributed by atoms with Crippen LogP contribution in [-0.2, 0) is 0 Å². The first-order chi connectivity index (χ1) is 8.33. The number of hydrogen-bond donors (Lipinski definition) is 2. The van der Waals surface area contributed by atoms with Crippen LogP contribution < -0.4 is 10.2 Å². The van der Waals surface area contributed by atoms with Crippen molar-refractivity contribution in [2.24, 2.45) is 0 Å². The first-order valence-electron chi connectivity index (χ1n) is 6.19. The summed E-state index contributed by atoms with van der Waals surface area (Å²) in [5, 5.41) is 12.1. The van der Waals surface area contributed by atoms with Crippen LogP contribution in [0.25, 0.3) is 0 Å². The van der Waals surface area contributed by atoms with Crippen LogP contribution in [0.5, 0.6) is 0 Å². The molecule has 1 aromatic rings. The summed E-state index contributed by atoms with van der Waals surface area (Å²) >= 11 is 0. The fourth-order valence-corrected chi connectivity index (χ4v) is 2.23. The van der Waals surface area contributed by atoms with Crippen molar-refractivity contribution in [1.29, 1.82) is 0 Å². The smallest absolute Gasteiger partial charge is 0.0558 e. The lowest BCUT2D eigenvalue weighted by Crippen LogP contribution is -2.47. The van der Waals surface area contributed by atoms with E-state index in [2.05, 4.69) is 39.4 Å². The topological polar surface area (TPSA) is 38.7 Å². The van der Waals surface area contributed by atoms with Gasteiger partial charge in [-0.05, 0) is 18.2 Å². The van der Waals surface area contributed by atoms with Gasteiger partial charge < -0.3 is 15.3 Å². The first kappa shape index (κ1) is 12.2. The summed E-state index contributed by atoms with van der Waals surface area (Å²) in [6.45, 7) is 5.19. The Morgan fingerprint density at radius 2 is 2.00 bits per heavy atom. The zero-order valence-corrected chi connectivity index (χ0v) is 10.4. The maximum absolute atomic E-state index is 8.91. The van der Waals surface area contributed by atoms with E-state index in [1.165, 1.54) is 5.69 Å². The number of β-amino-alcohol motifs (C(OH)–C–C–N with tert-alkyl or cyclic N) is 1. The third-order valence-corrected chi connectivity index (χ3v) is 3.29. The largest absolute Gasteiger partial charge is 0.395 e. The fourth-order valence-electron chi connectivity index (χ4n) is 2.23. The molecule has 0 radical (unpaired) electrons. The van der Waals surface area contributed by atoms with Crippen LogP contribution in [0, 0.1) is 0 Å². The molecule has 2 rings (SSSR count). The van der Waals surface area contributed by atoms with Crippen molar-refractivity contribution < 1.29 is 5.11 Å². The van der Waals surface area contributed by atoms with E-state index in [9.17, 15) is 0 Å². The number of piperazine rings is 1. The molecule has 1 saturated heterocycles. The molecule has 0 amide bonds. The highest BCUT2D eigenvalue weighted by Gasteiger charge is 2.16. The van der Waals surface area contributed by atoms with E-state index in [0.29, 0.717) is 0 Å². The molecule has 1 aromatic carbocycles. The Kier molecular flexibility index (Phi) is 4.23. The van der Waals surface area contributed by atoms with E-state index in [-0.39, 0.29) is 6.61 Å². The second-order valence-corrected chi connectivity index (χ2v) is 4.35. The van der Waals surface area contributed by atoms with Gasteiger partial charge in [-0.1, -0.05) is 6.07 Å². The number of anilines is 2. The van der Waals surface area contributed by atoms with Gasteiger partial charge in [0.1, 0.15) is 0 Å². The molecule has 0 aromatic heterocycles. The molecule has 0 aliphatic carbocycles. The second-order valence-electron chi connectivity index (χ2n) is 4.35. The van der Waals surface area contributed by atoms with Crippen LogP contribution >= 0.6 is 0 Å². The minimum absolute atomic E-state index is 0.259. The van der Waals surface area contributed by atoms with Gasteiger partial charge in [0.15, 0.2) is 0 Å². The average Bonchev–Trinajstić information content (AvgIpc) is 2.40. The Hall–Kier alpha value is -1.26. The predicted octanol–water partition coefficient (Wildman–Crippen LogP) is 0.843. The molecule has 1 aliphatic rings. The summed E-state index contributed by atoms with van der Waals surface area (Å²) < 4.78 is 0. The van der Waals surface area contributed by atoms with Gasteiger partial charge in [-0.25, -0.2) is 0 Å². The SMILES string of the molecule is CNc1cccc(N2CCN(CCO)CC2)c1. The molecule has 4 heteroatoms. The van der Waals surface area contributed by atoms with Crippen LogP contribution in [0.2, 0.25) is 0 Å². The number of nitrogens with one attached hydrogen (secondary N) is 1. The summed E-state index contributed by atoms with van der Waals surface area (Å²) in [7, 11) is 1.94. The van der Waals surface area contributed by atoms with Crippen molar-refractivity contribution in [2.45, 2.75) is 0 Å². The minimum Gasteiger partial charge on any atom is -0.395 e. The van der Waals surface area contributed by atoms with Crippen LogP contribution in [0.4, 0.5) is 11.4 Å². The van der Waals surface area contributed by atoms with E-state index in [4.69, 9.17) is 5.11 Å². The van der Waals surface area contributed by atoms with Crippen LogP contribution in [0.15, 0.2) is 24.3 Å². The Bertz CT molecular complexity index is 348. The lowest BCUT2D eigenvalue weighted by atomic mass is 10.2. The number of aliphatic hydroxyl groups is 1. The van der Waals surface area contributed by atoms with Crippen molar-refractivity contribution in [1.82, 2.24) is 4.90 Å². The number of nitrogens with zero attached hydrogens (tertiary/aromatic N) is 2. The summed E-state index contributed by atoms with van der Waals surface area (Å²) in [4.78, 5) is 4.70. The summed E-state index contributed by atoms with van der Waals surface area (Å²) in [5.74, 6) is 0. The molecular formula is C13H21N3O. The standard InChI is InChI=1S/C13H21N3O/c1-14-12-3-2-4-13(11-12)16-7-5-15(6-8-16)9-10-17/h2-4,11,14,17H,5-10H2,1H3. The fraction of sp³-hybridized carbons (Fsp3) is 0.538. The van der Waals surface area contributed by atoms with Gasteiger partial charge in [0.05, 0.1) is 6.61 Å². The molecule has 0 saturated carbocycles. The molecule has 0 atom stereocenters. The van der Waals surface area contributed by atoms with E-state index in [0.717, 1.165) is 38.4 Å². The molecule has 94 valence electrons. The van der Waals surface area contributed by atoms with Gasteiger partial charge in [0.25, 0.3) is 0 Å². The lowest BCUT2D eigenvalue weighted by Gasteiger charge is -2.35. The van der Waals surface area contributed by atoms with E-state index in [1.54, 1.807) is 0 Å². The van der Waals surface area contributed by atoms with Crippen LogP contribution in [-0.4, -0.2) is 56.4 Å². The lowest BCUT2D eigenvalue weighted by molar-refractivity contribution is 0.189. The Labute approximate surface area is 103 Å². The van der Waals surface area contributed by atoms with Gasteiger partial charge >= 0.3 is 0 Å². The molecule has 1 fully saturated rings. The quantitative estimate of drug-likeness (QED) is 0.811. The van der Waals surface area contributed by atoms with Crippen molar-refractivity contribution in [2.75, 3.05) is 56.6 Å². The maximum atomic E-state index is 8.91. The normalized spacial score (nSPS) is 17.2. The zero-order valence-electron chi connectivity index (χ0n) is 10.4. The average molecular weight is 235 g/mol. The number of aliphatic hydroxyl groups excluding tert-OH is 1. The molecule has 1 heterocycles. The Morgan fingerprint density at radius 1 is 1.24 bits per heavy atom. The monoisotopic (exact) mass is 235 g/mol. The molecule has 2 N–H and O–H groups in total. The molecule has 17 heavy (non-hydrogen) atoms. The number of benzene rings is 1. The van der Waals surface area contributed by atoms with E-state index < -0.39 is 0 Å². The van der Waals surface area contributed by atoms with Gasteiger partial charge in [-0.15, -0.1) is 0 Å². The van der Waals surface area contributed by atoms with Gasteiger partial charge in [-0.2, -0.15) is 0 Å².